The van der Waals surface area contributed by atoms with Crippen LogP contribution in [0.15, 0.2) is 18.2 Å². The lowest BCUT2D eigenvalue weighted by molar-refractivity contribution is -0.573. The van der Waals surface area contributed by atoms with E-state index in [1.165, 1.54) is 96.0 Å². The van der Waals surface area contributed by atoms with Gasteiger partial charge in [-0.3, -0.25) is 15.8 Å². The Bertz CT molecular complexity index is 584. The molecule has 0 aromatic heterocycles. The second-order valence-corrected chi connectivity index (χ2v) is 8.84. The Morgan fingerprint density at radius 2 is 1.31 bits per heavy atom. The zero-order valence-corrected chi connectivity index (χ0v) is 19.2. The highest BCUT2D eigenvalue weighted by Gasteiger charge is 2.35. The van der Waals surface area contributed by atoms with Crippen molar-refractivity contribution < 1.29 is 4.92 Å². The quantitative estimate of drug-likeness (QED) is 0.127. The molecule has 29 heavy (non-hydrogen) atoms. The van der Waals surface area contributed by atoms with Crippen LogP contribution in [0.5, 0.6) is 0 Å². The van der Waals surface area contributed by atoms with Crippen molar-refractivity contribution >= 4 is 0 Å². The van der Waals surface area contributed by atoms with Gasteiger partial charge in [-0.2, -0.15) is 0 Å². The molecule has 4 nitrogen and oxygen atoms in total. The molecule has 0 aliphatic heterocycles. The first-order valence-electron chi connectivity index (χ1n) is 11.9. The van der Waals surface area contributed by atoms with E-state index in [9.17, 15) is 10.1 Å². The summed E-state index contributed by atoms with van der Waals surface area (Å²) in [4.78, 5) is 10.9. The molecule has 166 valence electrons. The van der Waals surface area contributed by atoms with Crippen molar-refractivity contribution in [3.8, 4) is 0 Å². The Morgan fingerprint density at radius 3 is 1.76 bits per heavy atom. The lowest BCUT2D eigenvalue weighted by Crippen LogP contribution is -2.42. The van der Waals surface area contributed by atoms with Crippen LogP contribution in [0.3, 0.4) is 0 Å². The van der Waals surface area contributed by atoms with E-state index in [0.717, 1.165) is 18.4 Å². The average Bonchev–Trinajstić information content (AvgIpc) is 2.69. The van der Waals surface area contributed by atoms with E-state index in [2.05, 4.69) is 13.0 Å². The second kappa shape index (κ2) is 14.5. The first-order valence-corrected chi connectivity index (χ1v) is 11.9. The third-order valence-electron chi connectivity index (χ3n) is 6.17. The molecule has 0 radical (unpaired) electrons. The summed E-state index contributed by atoms with van der Waals surface area (Å²) in [7, 11) is 0. The number of nitro groups is 1. The summed E-state index contributed by atoms with van der Waals surface area (Å²) in [6.07, 6.45) is 19.9. The maximum Gasteiger partial charge on any atom is 0.295 e. The molecule has 1 aromatic carbocycles. The highest BCUT2D eigenvalue weighted by molar-refractivity contribution is 5.37. The van der Waals surface area contributed by atoms with E-state index in [0.29, 0.717) is 5.56 Å². The zero-order valence-electron chi connectivity index (χ0n) is 19.2. The van der Waals surface area contributed by atoms with E-state index < -0.39 is 10.6 Å². The molecule has 1 aromatic rings. The summed E-state index contributed by atoms with van der Waals surface area (Å²) < 4.78 is 0. The number of nitrogens with zero attached hydrogens (tertiary/aromatic N) is 1. The van der Waals surface area contributed by atoms with Crippen LogP contribution in [0.4, 0.5) is 0 Å². The van der Waals surface area contributed by atoms with Gasteiger partial charge in [0.15, 0.2) is 0 Å². The molecular formula is C25H44N2O2. The van der Waals surface area contributed by atoms with Crippen LogP contribution in [-0.4, -0.2) is 4.92 Å². The summed E-state index contributed by atoms with van der Waals surface area (Å²) in [6, 6.07) is 5.76. The SMILES string of the molecule is CCCCCCCCCCCCCCCCc1cccc(C(C)(N)[N+](=O)[O-])c1C. The van der Waals surface area contributed by atoms with Crippen LogP contribution in [0.1, 0.15) is 120 Å². The van der Waals surface area contributed by atoms with Crippen LogP contribution in [0.2, 0.25) is 0 Å². The molecular weight excluding hydrogens is 360 g/mol. The van der Waals surface area contributed by atoms with E-state index in [-0.39, 0.29) is 0 Å². The van der Waals surface area contributed by atoms with Crippen molar-refractivity contribution in [3.05, 3.63) is 45.0 Å². The van der Waals surface area contributed by atoms with Crippen molar-refractivity contribution in [1.29, 1.82) is 0 Å². The third-order valence-corrected chi connectivity index (χ3v) is 6.17. The van der Waals surface area contributed by atoms with Gasteiger partial charge in [-0.25, -0.2) is 0 Å². The maximum atomic E-state index is 11.3. The van der Waals surface area contributed by atoms with E-state index in [4.69, 9.17) is 5.73 Å². The normalized spacial score (nSPS) is 13.4. The highest BCUT2D eigenvalue weighted by atomic mass is 16.6. The maximum absolute atomic E-state index is 11.3. The van der Waals surface area contributed by atoms with Crippen molar-refractivity contribution in [1.82, 2.24) is 0 Å². The van der Waals surface area contributed by atoms with Crippen LogP contribution in [0, 0.1) is 17.0 Å². The van der Waals surface area contributed by atoms with E-state index >= 15 is 0 Å². The zero-order chi connectivity index (χ0) is 21.5. The van der Waals surface area contributed by atoms with Gasteiger partial charge >= 0.3 is 0 Å². The minimum Gasteiger partial charge on any atom is -0.262 e. The molecule has 1 atom stereocenters. The summed E-state index contributed by atoms with van der Waals surface area (Å²) in [5, 5.41) is 11.3. The summed E-state index contributed by atoms with van der Waals surface area (Å²) in [5.74, 6) is 0. The number of benzene rings is 1. The van der Waals surface area contributed by atoms with Crippen LogP contribution in [0.25, 0.3) is 0 Å². The van der Waals surface area contributed by atoms with Gasteiger partial charge < -0.3 is 0 Å². The van der Waals surface area contributed by atoms with Crippen molar-refractivity contribution in [2.45, 2.75) is 123 Å². The molecule has 0 amide bonds. The lowest BCUT2D eigenvalue weighted by atomic mass is 9.91. The van der Waals surface area contributed by atoms with E-state index in [1.54, 1.807) is 6.07 Å². The highest BCUT2D eigenvalue weighted by Crippen LogP contribution is 2.25. The Kier molecular flexibility index (Phi) is 12.8. The average molecular weight is 405 g/mol. The summed E-state index contributed by atoms with van der Waals surface area (Å²) in [6.45, 7) is 5.71. The molecule has 0 heterocycles. The van der Waals surface area contributed by atoms with Gasteiger partial charge in [-0.05, 0) is 30.9 Å². The molecule has 0 spiro atoms. The van der Waals surface area contributed by atoms with Gasteiger partial charge in [0.05, 0.1) is 0 Å². The summed E-state index contributed by atoms with van der Waals surface area (Å²) >= 11 is 0. The topological polar surface area (TPSA) is 69.2 Å². The number of aryl methyl sites for hydroxylation is 1. The van der Waals surface area contributed by atoms with Gasteiger partial charge in [0, 0.05) is 17.4 Å². The number of nitrogens with two attached hydrogens (primary N) is 1. The first-order chi connectivity index (χ1) is 13.9. The van der Waals surface area contributed by atoms with Gasteiger partial charge in [0.1, 0.15) is 0 Å². The smallest absolute Gasteiger partial charge is 0.262 e. The molecule has 0 saturated carbocycles. The van der Waals surface area contributed by atoms with Crippen LogP contribution < -0.4 is 5.73 Å². The molecule has 2 N–H and O–H groups in total. The lowest BCUT2D eigenvalue weighted by Gasteiger charge is -2.20. The minimum atomic E-state index is -1.52. The Hall–Kier alpha value is -1.42. The molecule has 0 bridgehead atoms. The van der Waals surface area contributed by atoms with Gasteiger partial charge in [-0.15, -0.1) is 0 Å². The monoisotopic (exact) mass is 404 g/mol. The van der Waals surface area contributed by atoms with Gasteiger partial charge in [-0.1, -0.05) is 109 Å². The fraction of sp³-hybridized carbons (Fsp3) is 0.760. The first kappa shape index (κ1) is 25.6. The van der Waals surface area contributed by atoms with Gasteiger partial charge in [0.2, 0.25) is 0 Å². The number of hydrogen-bond acceptors (Lipinski definition) is 3. The fourth-order valence-corrected chi connectivity index (χ4v) is 4.11. The molecule has 4 heteroatoms. The molecule has 1 unspecified atom stereocenters. The van der Waals surface area contributed by atoms with Crippen LogP contribution >= 0.6 is 0 Å². The number of unbranched alkanes of at least 4 members (excludes halogenated alkanes) is 13. The van der Waals surface area contributed by atoms with Crippen molar-refractivity contribution in [3.63, 3.8) is 0 Å². The molecule has 1 rings (SSSR count). The Labute approximate surface area is 178 Å². The van der Waals surface area contributed by atoms with Gasteiger partial charge in [0.25, 0.3) is 5.66 Å². The number of hydrogen-bond donors (Lipinski definition) is 1. The minimum absolute atomic E-state index is 0.397. The summed E-state index contributed by atoms with van der Waals surface area (Å²) in [5.41, 5.74) is 7.21. The Morgan fingerprint density at radius 1 is 0.862 bits per heavy atom. The van der Waals surface area contributed by atoms with Crippen molar-refractivity contribution in [2.75, 3.05) is 0 Å². The van der Waals surface area contributed by atoms with Crippen molar-refractivity contribution in [2.24, 2.45) is 5.73 Å². The Balaban J connectivity index is 2.12. The molecule has 0 aliphatic carbocycles. The fourth-order valence-electron chi connectivity index (χ4n) is 4.11. The second-order valence-electron chi connectivity index (χ2n) is 8.84. The standard InChI is InChI=1S/C25H44N2O2/c1-4-5-6-7-8-9-10-11-12-13-14-15-16-17-19-23-20-18-21-24(22(23)2)25(3,26)27(28)29/h18,20-21H,4-17,19,26H2,1-3H3. The molecule has 0 saturated heterocycles. The molecule has 0 aliphatic rings. The third kappa shape index (κ3) is 9.75. The van der Waals surface area contributed by atoms with Crippen LogP contribution in [-0.2, 0) is 12.1 Å². The largest absolute Gasteiger partial charge is 0.295 e. The number of rotatable bonds is 17. The predicted molar refractivity (Wildman–Crippen MR) is 124 cm³/mol. The van der Waals surface area contributed by atoms with E-state index in [1.807, 2.05) is 13.0 Å². The predicted octanol–water partition coefficient (Wildman–Crippen LogP) is 7.43. The molecule has 0 fully saturated rings.